The summed E-state index contributed by atoms with van der Waals surface area (Å²) in [5.74, 6) is -3.11. The molecule has 1 fully saturated rings. The fraction of sp³-hybridized carbons (Fsp3) is 0.533. The molecule has 1 saturated heterocycles. The first-order chi connectivity index (χ1) is 12.6. The van der Waals surface area contributed by atoms with Crippen molar-refractivity contribution in [2.75, 3.05) is 33.4 Å². The smallest absolute Gasteiger partial charge is 0.481 e. The Hall–Kier alpha value is -2.76. The van der Waals surface area contributed by atoms with Gasteiger partial charge in [-0.05, 0) is 5.10 Å². The molecule has 9 nitrogen and oxygen atoms in total. The van der Waals surface area contributed by atoms with Crippen molar-refractivity contribution in [3.63, 3.8) is 0 Å². The molecule has 150 valence electrons. The highest BCUT2D eigenvalue weighted by Crippen LogP contribution is 2.15. The monoisotopic (exact) mass is 394 g/mol. The molecule has 0 saturated carbocycles. The van der Waals surface area contributed by atoms with Crippen LogP contribution in [-0.2, 0) is 25.6 Å². The lowest BCUT2D eigenvalue weighted by Gasteiger charge is -2.26. The topological polar surface area (TPSA) is 110 Å². The Balaban J connectivity index is 0.000000387. The van der Waals surface area contributed by atoms with Crippen LogP contribution in [0.4, 0.5) is 13.2 Å². The Labute approximate surface area is 152 Å². The summed E-state index contributed by atoms with van der Waals surface area (Å²) < 4.78 is 43.0. The van der Waals surface area contributed by atoms with Crippen molar-refractivity contribution in [2.24, 2.45) is 0 Å². The normalized spacial score (nSPS) is 14.0. The van der Waals surface area contributed by atoms with Gasteiger partial charge in [0.1, 0.15) is 12.6 Å². The molecule has 2 heterocycles. The molecular formula is C15H19F3N3O6+. The number of rotatable bonds is 4. The van der Waals surface area contributed by atoms with Crippen molar-refractivity contribution in [3.05, 3.63) is 24.0 Å². The summed E-state index contributed by atoms with van der Waals surface area (Å²) in [6.07, 6.45) is -1.75. The molecule has 0 bridgehead atoms. The van der Waals surface area contributed by atoms with Gasteiger partial charge in [-0.2, -0.15) is 13.2 Å². The van der Waals surface area contributed by atoms with Gasteiger partial charge >= 0.3 is 18.1 Å². The van der Waals surface area contributed by atoms with Crippen LogP contribution in [0.5, 0.6) is 0 Å². The highest BCUT2D eigenvalue weighted by Gasteiger charge is 2.40. The lowest BCUT2D eigenvalue weighted by molar-refractivity contribution is -0.753. The number of hydrogen-bond donors (Lipinski definition) is 1. The van der Waals surface area contributed by atoms with Gasteiger partial charge in [-0.1, -0.05) is 4.68 Å². The largest absolute Gasteiger partial charge is 0.490 e. The summed E-state index contributed by atoms with van der Waals surface area (Å²) in [6, 6.07) is 1.66. The molecule has 1 amide bonds. The van der Waals surface area contributed by atoms with Crippen LogP contribution in [0.3, 0.4) is 0 Å². The van der Waals surface area contributed by atoms with Crippen molar-refractivity contribution < 1.29 is 46.8 Å². The van der Waals surface area contributed by atoms with Crippen LogP contribution in [0, 0.1) is 0 Å². The van der Waals surface area contributed by atoms with Crippen LogP contribution in [0.15, 0.2) is 18.5 Å². The van der Waals surface area contributed by atoms with E-state index < -0.39 is 18.1 Å². The highest BCUT2D eigenvalue weighted by molar-refractivity contribution is 5.93. The van der Waals surface area contributed by atoms with E-state index in [4.69, 9.17) is 9.84 Å². The Morgan fingerprint density at radius 1 is 1.33 bits per heavy atom. The number of methoxy groups -OCH3 is 1. The molecule has 12 heteroatoms. The number of nitrogens with zero attached hydrogens (tertiary/aromatic N) is 3. The third-order valence-corrected chi connectivity index (χ3v) is 3.29. The number of hydrogen-bond acceptors (Lipinski definition) is 6. The van der Waals surface area contributed by atoms with Gasteiger partial charge in [0.25, 0.3) is 5.91 Å². The number of carboxylic acids is 1. The van der Waals surface area contributed by atoms with Gasteiger partial charge in [0.2, 0.25) is 0 Å². The second-order valence-electron chi connectivity index (χ2n) is 5.22. The minimum atomic E-state index is -4.85. The number of carbonyl (C=O) groups excluding carboxylic acids is 2. The van der Waals surface area contributed by atoms with Crippen molar-refractivity contribution in [2.45, 2.75) is 19.1 Å². The quantitative estimate of drug-likeness (QED) is 0.567. The highest BCUT2D eigenvalue weighted by atomic mass is 19.4. The molecule has 1 aliphatic rings. The number of ether oxygens (including phenoxy) is 2. The summed E-state index contributed by atoms with van der Waals surface area (Å²) in [4.78, 5) is 33.8. The average Bonchev–Trinajstić information content (AvgIpc) is 2.66. The SMILES string of the molecule is COC(=O)C(F)(F)F.O=C(O)CC[n+]1ccc(C(=O)N2CCOCC2)cn1. The number of carbonyl (C=O) groups is 3. The number of amides is 1. The number of halogens is 3. The first-order valence-electron chi connectivity index (χ1n) is 7.75. The van der Waals surface area contributed by atoms with E-state index in [0.717, 1.165) is 0 Å². The van der Waals surface area contributed by atoms with Gasteiger partial charge < -0.3 is 19.5 Å². The molecule has 0 unspecified atom stereocenters. The van der Waals surface area contributed by atoms with Crippen molar-refractivity contribution >= 4 is 17.8 Å². The molecular weight excluding hydrogens is 375 g/mol. The molecule has 1 aromatic rings. The van der Waals surface area contributed by atoms with Crippen molar-refractivity contribution in [1.82, 2.24) is 10.00 Å². The third-order valence-electron chi connectivity index (χ3n) is 3.29. The van der Waals surface area contributed by atoms with E-state index in [9.17, 15) is 27.6 Å². The maximum atomic E-state index is 12.1. The Kier molecular flexibility index (Phi) is 8.59. The van der Waals surface area contributed by atoms with Gasteiger partial charge in [-0.3, -0.25) is 9.59 Å². The van der Waals surface area contributed by atoms with Crippen molar-refractivity contribution in [1.29, 1.82) is 0 Å². The van der Waals surface area contributed by atoms with E-state index >= 15 is 0 Å². The Bertz CT molecular complexity index is 645. The van der Waals surface area contributed by atoms with Crippen LogP contribution < -0.4 is 4.68 Å². The maximum absolute atomic E-state index is 12.1. The molecule has 0 aromatic carbocycles. The predicted octanol–water partition coefficient (Wildman–Crippen LogP) is 0.0379. The average molecular weight is 394 g/mol. The number of aryl methyl sites for hydroxylation is 1. The zero-order valence-corrected chi connectivity index (χ0v) is 14.4. The molecule has 0 atom stereocenters. The second-order valence-corrected chi connectivity index (χ2v) is 5.22. The van der Waals surface area contributed by atoms with Crippen LogP contribution >= 0.6 is 0 Å². The number of alkyl halides is 3. The first-order valence-corrected chi connectivity index (χ1v) is 7.75. The molecule has 2 rings (SSSR count). The van der Waals surface area contributed by atoms with E-state index in [1.807, 2.05) is 0 Å². The Morgan fingerprint density at radius 3 is 2.37 bits per heavy atom. The summed E-state index contributed by atoms with van der Waals surface area (Å²) in [5, 5.41) is 12.6. The summed E-state index contributed by atoms with van der Waals surface area (Å²) in [7, 11) is 0.676. The summed E-state index contributed by atoms with van der Waals surface area (Å²) in [5.41, 5.74) is 0.508. The molecule has 27 heavy (non-hydrogen) atoms. The van der Waals surface area contributed by atoms with Gasteiger partial charge in [0.05, 0.1) is 25.9 Å². The lowest BCUT2D eigenvalue weighted by atomic mass is 10.2. The van der Waals surface area contributed by atoms with Crippen molar-refractivity contribution in [3.8, 4) is 0 Å². The van der Waals surface area contributed by atoms with Crippen LogP contribution in [0.2, 0.25) is 0 Å². The van der Waals surface area contributed by atoms with E-state index in [2.05, 4.69) is 9.84 Å². The van der Waals surface area contributed by atoms with Crippen LogP contribution in [0.25, 0.3) is 0 Å². The summed E-state index contributed by atoms with van der Waals surface area (Å²) in [6.45, 7) is 2.59. The molecule has 0 radical (unpaired) electrons. The zero-order chi connectivity index (χ0) is 20.4. The first kappa shape index (κ1) is 22.3. The number of aliphatic carboxylic acids is 1. The third kappa shape index (κ3) is 7.98. The van der Waals surface area contributed by atoms with E-state index in [-0.39, 0.29) is 12.3 Å². The fourth-order valence-corrected chi connectivity index (χ4v) is 1.92. The molecule has 1 aromatic heterocycles. The summed E-state index contributed by atoms with van der Waals surface area (Å²) >= 11 is 0. The number of morpholine rings is 1. The fourth-order valence-electron chi connectivity index (χ4n) is 1.92. The second kappa shape index (κ2) is 10.4. The van der Waals surface area contributed by atoms with Gasteiger partial charge in [-0.15, -0.1) is 0 Å². The van der Waals surface area contributed by atoms with Gasteiger partial charge in [-0.25, -0.2) is 4.79 Å². The van der Waals surface area contributed by atoms with Gasteiger partial charge in [0.15, 0.2) is 12.7 Å². The predicted molar refractivity (Wildman–Crippen MR) is 81.5 cm³/mol. The van der Waals surface area contributed by atoms with Gasteiger partial charge in [0, 0.05) is 19.2 Å². The van der Waals surface area contributed by atoms with E-state index in [1.54, 1.807) is 17.2 Å². The van der Waals surface area contributed by atoms with Crippen LogP contribution in [-0.4, -0.2) is 72.5 Å². The van der Waals surface area contributed by atoms with E-state index in [0.29, 0.717) is 45.5 Å². The zero-order valence-electron chi connectivity index (χ0n) is 14.4. The molecule has 0 aliphatic carbocycles. The van der Waals surface area contributed by atoms with E-state index in [1.165, 1.54) is 10.9 Å². The molecule has 0 spiro atoms. The molecule has 1 N–H and O–H groups in total. The standard InChI is InChI=1S/C12H15N3O4.C3H3F3O2/c16-11(17)2-4-15-3-1-10(9-13-15)12(18)14-5-7-19-8-6-14;1-8-2(7)3(4,5)6/h1,3,9H,2,4-8H2;1H3/p+1. The molecule has 1 aliphatic heterocycles. The number of esters is 1. The van der Waals surface area contributed by atoms with Crippen LogP contribution in [0.1, 0.15) is 16.8 Å². The Morgan fingerprint density at radius 2 is 1.96 bits per heavy atom. The number of aromatic nitrogens is 2. The minimum absolute atomic E-state index is 0.00836. The minimum Gasteiger partial charge on any atom is -0.481 e. The lowest BCUT2D eigenvalue weighted by Crippen LogP contribution is -2.42. The maximum Gasteiger partial charge on any atom is 0.490 e. The number of carboxylic acid groups (broad SMARTS) is 1.